The molecule has 2 aliphatic carbocycles. The monoisotopic (exact) mass is 430 g/mol. The van der Waals surface area contributed by atoms with Crippen LogP contribution < -0.4 is 5.32 Å². The molecule has 2 fully saturated rings. The van der Waals surface area contributed by atoms with Crippen molar-refractivity contribution in [2.45, 2.75) is 63.5 Å². The zero-order valence-electron chi connectivity index (χ0n) is 19.2. The van der Waals surface area contributed by atoms with E-state index in [9.17, 15) is 4.79 Å². The molecule has 2 N–H and O–H groups in total. The highest BCUT2D eigenvalue weighted by molar-refractivity contribution is 5.78. The van der Waals surface area contributed by atoms with Gasteiger partial charge in [-0.1, -0.05) is 43.2 Å². The quantitative estimate of drug-likeness (QED) is 0.365. The van der Waals surface area contributed by atoms with Crippen molar-refractivity contribution in [2.75, 3.05) is 14.1 Å². The molecule has 2 saturated carbocycles. The van der Waals surface area contributed by atoms with Gasteiger partial charge in [0.05, 0.1) is 0 Å². The number of carbonyl (C=O) groups excluding carboxylic acids is 1. The SMILES string of the molecule is CN/C=C(\N=N)c1ccc(Cc2cc(C=O)c(CN(C)C3CCCC3)cc2C2CC2)cc1. The molecule has 0 aromatic heterocycles. The molecule has 2 aliphatic rings. The number of hydrogen-bond donors (Lipinski definition) is 2. The molecular formula is C27H34N4O. The first-order valence-corrected chi connectivity index (χ1v) is 11.8. The Hall–Kier alpha value is -2.79. The van der Waals surface area contributed by atoms with Crippen LogP contribution in [0.4, 0.5) is 0 Å². The van der Waals surface area contributed by atoms with Crippen molar-refractivity contribution >= 4 is 12.0 Å². The van der Waals surface area contributed by atoms with E-state index in [-0.39, 0.29) is 0 Å². The maximum absolute atomic E-state index is 12.0. The molecule has 0 unspecified atom stereocenters. The van der Waals surface area contributed by atoms with Crippen LogP contribution in [0, 0.1) is 5.53 Å². The summed E-state index contributed by atoms with van der Waals surface area (Å²) in [5, 5.41) is 6.53. The van der Waals surface area contributed by atoms with Crippen molar-refractivity contribution in [1.29, 1.82) is 5.53 Å². The number of benzene rings is 2. The lowest BCUT2D eigenvalue weighted by molar-refractivity contribution is 0.112. The third kappa shape index (κ3) is 5.16. The van der Waals surface area contributed by atoms with E-state index in [1.807, 2.05) is 12.1 Å². The molecule has 0 amide bonds. The fraction of sp³-hybridized carbons (Fsp3) is 0.444. The van der Waals surface area contributed by atoms with Gasteiger partial charge in [-0.25, -0.2) is 5.53 Å². The van der Waals surface area contributed by atoms with Gasteiger partial charge in [0.25, 0.3) is 0 Å². The molecule has 0 bridgehead atoms. The minimum absolute atomic E-state index is 0.608. The van der Waals surface area contributed by atoms with Crippen LogP contribution in [0.5, 0.6) is 0 Å². The summed E-state index contributed by atoms with van der Waals surface area (Å²) in [6.07, 6.45) is 11.3. The van der Waals surface area contributed by atoms with Crippen LogP contribution in [-0.4, -0.2) is 31.3 Å². The third-order valence-electron chi connectivity index (χ3n) is 6.96. The molecule has 168 valence electrons. The van der Waals surface area contributed by atoms with Gasteiger partial charge in [-0.05, 0) is 73.4 Å². The molecule has 2 aromatic carbocycles. The van der Waals surface area contributed by atoms with E-state index in [1.54, 1.807) is 13.2 Å². The Kier molecular flexibility index (Phi) is 7.15. The first kappa shape index (κ1) is 22.4. The summed E-state index contributed by atoms with van der Waals surface area (Å²) in [6, 6.07) is 13.3. The molecule has 0 radical (unpaired) electrons. The summed E-state index contributed by atoms with van der Waals surface area (Å²) in [5.74, 6) is 0.632. The fourth-order valence-corrected chi connectivity index (χ4v) is 4.97. The minimum Gasteiger partial charge on any atom is -0.392 e. The Morgan fingerprint density at radius 2 is 1.84 bits per heavy atom. The normalized spacial score (nSPS) is 17.0. The van der Waals surface area contributed by atoms with Crippen molar-refractivity contribution in [3.8, 4) is 0 Å². The van der Waals surface area contributed by atoms with Crippen LogP contribution >= 0.6 is 0 Å². The van der Waals surface area contributed by atoms with E-state index in [2.05, 4.69) is 46.6 Å². The second kappa shape index (κ2) is 10.2. The Morgan fingerprint density at radius 1 is 1.12 bits per heavy atom. The Bertz CT molecular complexity index is 985. The van der Waals surface area contributed by atoms with Crippen molar-refractivity contribution in [2.24, 2.45) is 5.11 Å². The predicted octanol–water partition coefficient (Wildman–Crippen LogP) is 5.89. The van der Waals surface area contributed by atoms with E-state index in [1.165, 1.54) is 60.8 Å². The molecule has 0 atom stereocenters. The fourth-order valence-electron chi connectivity index (χ4n) is 4.97. The maximum Gasteiger partial charge on any atom is 0.150 e. The molecule has 0 heterocycles. The van der Waals surface area contributed by atoms with Gasteiger partial charge in [0.2, 0.25) is 0 Å². The number of rotatable bonds is 10. The zero-order chi connectivity index (χ0) is 22.5. The summed E-state index contributed by atoms with van der Waals surface area (Å²) < 4.78 is 0. The van der Waals surface area contributed by atoms with Crippen LogP contribution in [0.15, 0.2) is 47.7 Å². The van der Waals surface area contributed by atoms with Gasteiger partial charge in [0.15, 0.2) is 0 Å². The van der Waals surface area contributed by atoms with Gasteiger partial charge in [0.1, 0.15) is 12.0 Å². The molecule has 4 rings (SSSR count). The van der Waals surface area contributed by atoms with Crippen molar-refractivity contribution in [1.82, 2.24) is 10.2 Å². The highest BCUT2D eigenvalue weighted by Crippen LogP contribution is 2.43. The van der Waals surface area contributed by atoms with E-state index < -0.39 is 0 Å². The standard InChI is InChI=1S/C27H34N4O/c1-29-16-27(30-28)21-9-7-19(8-10-21)13-22-14-24(18-32)23(15-26(22)20-11-12-20)17-31(2)25-5-3-4-6-25/h7-10,14-16,18,20,25,28-29H,3-6,11-13,17H2,1-2H3/b27-16-,30-28?. The van der Waals surface area contributed by atoms with Crippen molar-refractivity contribution in [3.63, 3.8) is 0 Å². The summed E-state index contributed by atoms with van der Waals surface area (Å²) in [6.45, 7) is 0.852. The predicted molar refractivity (Wildman–Crippen MR) is 129 cm³/mol. The van der Waals surface area contributed by atoms with E-state index in [0.29, 0.717) is 17.7 Å². The van der Waals surface area contributed by atoms with E-state index >= 15 is 0 Å². The van der Waals surface area contributed by atoms with Gasteiger partial charge in [-0.3, -0.25) is 9.69 Å². The average Bonchev–Trinajstić information content (AvgIpc) is 3.51. The zero-order valence-corrected chi connectivity index (χ0v) is 19.2. The number of aldehydes is 1. The molecule has 0 aliphatic heterocycles. The third-order valence-corrected chi connectivity index (χ3v) is 6.96. The first-order valence-electron chi connectivity index (χ1n) is 11.8. The van der Waals surface area contributed by atoms with Crippen LogP contribution in [-0.2, 0) is 13.0 Å². The Morgan fingerprint density at radius 3 is 2.44 bits per heavy atom. The summed E-state index contributed by atoms with van der Waals surface area (Å²) in [5.41, 5.74) is 14.8. The number of hydrogen-bond acceptors (Lipinski definition) is 5. The Balaban J connectivity index is 1.57. The molecule has 2 aromatic rings. The molecular weight excluding hydrogens is 396 g/mol. The van der Waals surface area contributed by atoms with E-state index in [4.69, 9.17) is 5.53 Å². The molecule has 32 heavy (non-hydrogen) atoms. The van der Waals surface area contributed by atoms with E-state index in [0.717, 1.165) is 30.4 Å². The highest BCUT2D eigenvalue weighted by atomic mass is 16.1. The topological polar surface area (TPSA) is 68.5 Å². The van der Waals surface area contributed by atoms with Gasteiger partial charge in [0, 0.05) is 37.0 Å². The minimum atomic E-state index is 0.608. The molecule has 5 heteroatoms. The number of nitrogens with one attached hydrogen (secondary N) is 2. The molecule has 0 spiro atoms. The van der Waals surface area contributed by atoms with Gasteiger partial charge in [-0.15, -0.1) is 0 Å². The number of carbonyl (C=O) groups is 1. The average molecular weight is 431 g/mol. The van der Waals surface area contributed by atoms with Gasteiger partial charge < -0.3 is 5.32 Å². The summed E-state index contributed by atoms with van der Waals surface area (Å²) >= 11 is 0. The van der Waals surface area contributed by atoms with Gasteiger partial charge >= 0.3 is 0 Å². The van der Waals surface area contributed by atoms with Crippen LogP contribution in [0.1, 0.15) is 82.6 Å². The van der Waals surface area contributed by atoms with Gasteiger partial charge in [-0.2, -0.15) is 5.11 Å². The lowest BCUT2D eigenvalue weighted by Gasteiger charge is -2.25. The number of nitrogens with zero attached hydrogens (tertiary/aromatic N) is 2. The van der Waals surface area contributed by atoms with Crippen molar-refractivity contribution < 1.29 is 4.79 Å². The smallest absolute Gasteiger partial charge is 0.150 e. The largest absolute Gasteiger partial charge is 0.392 e. The van der Waals surface area contributed by atoms with Crippen molar-refractivity contribution in [3.05, 3.63) is 76.0 Å². The summed E-state index contributed by atoms with van der Waals surface area (Å²) in [4.78, 5) is 14.4. The second-order valence-electron chi connectivity index (χ2n) is 9.30. The van der Waals surface area contributed by atoms with Crippen LogP contribution in [0.3, 0.4) is 0 Å². The lowest BCUT2D eigenvalue weighted by Crippen LogP contribution is -2.29. The maximum atomic E-state index is 12.0. The molecule has 0 saturated heterocycles. The lowest BCUT2D eigenvalue weighted by atomic mass is 9.91. The van der Waals surface area contributed by atoms with Crippen LogP contribution in [0.25, 0.3) is 5.70 Å². The highest BCUT2D eigenvalue weighted by Gasteiger charge is 2.28. The summed E-state index contributed by atoms with van der Waals surface area (Å²) in [7, 11) is 4.01. The second-order valence-corrected chi connectivity index (χ2v) is 9.30. The van der Waals surface area contributed by atoms with Crippen LogP contribution in [0.2, 0.25) is 0 Å². The molecule has 5 nitrogen and oxygen atoms in total. The Labute approximate surface area is 191 Å². The first-order chi connectivity index (χ1) is 15.6.